The molecule has 0 saturated heterocycles. The zero-order valence-electron chi connectivity index (χ0n) is 9.45. The van der Waals surface area contributed by atoms with Gasteiger partial charge in [-0.1, -0.05) is 0 Å². The summed E-state index contributed by atoms with van der Waals surface area (Å²) >= 11 is 3.32. The molecular weight excluding hydrogens is 285 g/mol. The lowest BCUT2D eigenvalue weighted by atomic mass is 10.3. The van der Waals surface area contributed by atoms with Crippen molar-refractivity contribution in [1.82, 2.24) is 9.78 Å². The van der Waals surface area contributed by atoms with Crippen molar-refractivity contribution in [3.63, 3.8) is 0 Å². The molecule has 0 aliphatic carbocycles. The Hall–Kier alpha value is -1.36. The van der Waals surface area contributed by atoms with Gasteiger partial charge in [-0.15, -0.1) is 0 Å². The van der Waals surface area contributed by atoms with Crippen molar-refractivity contribution in [1.29, 1.82) is 0 Å². The Morgan fingerprint density at radius 1 is 1.47 bits per heavy atom. The number of hydrogen-bond donors (Lipinski definition) is 1. The predicted molar refractivity (Wildman–Crippen MR) is 69.3 cm³/mol. The van der Waals surface area contributed by atoms with Gasteiger partial charge in [0.05, 0.1) is 6.20 Å². The van der Waals surface area contributed by atoms with E-state index >= 15 is 0 Å². The minimum Gasteiger partial charge on any atom is -0.380 e. The van der Waals surface area contributed by atoms with E-state index in [9.17, 15) is 4.39 Å². The topological polar surface area (TPSA) is 29.9 Å². The van der Waals surface area contributed by atoms with Gasteiger partial charge in [-0.25, -0.2) is 4.39 Å². The number of nitrogens with zero attached hydrogens (tertiary/aromatic N) is 2. The van der Waals surface area contributed by atoms with Gasteiger partial charge in [0.15, 0.2) is 0 Å². The fourth-order valence-electron chi connectivity index (χ4n) is 1.50. The molecule has 5 heteroatoms. The fraction of sp³-hybridized carbons (Fsp3) is 0.250. The molecule has 0 aliphatic rings. The molecule has 1 N–H and O–H groups in total. The molecule has 0 bridgehead atoms. The van der Waals surface area contributed by atoms with Gasteiger partial charge in [-0.05, 0) is 41.1 Å². The SMILES string of the molecule is CCn1cc(CNc2ccc(F)cc2Br)cn1. The average molecular weight is 298 g/mol. The van der Waals surface area contributed by atoms with E-state index in [0.29, 0.717) is 6.54 Å². The summed E-state index contributed by atoms with van der Waals surface area (Å²) in [5.74, 6) is -0.249. The van der Waals surface area contributed by atoms with Gasteiger partial charge < -0.3 is 5.32 Å². The van der Waals surface area contributed by atoms with E-state index in [0.717, 1.165) is 22.3 Å². The van der Waals surface area contributed by atoms with Crippen LogP contribution in [0.4, 0.5) is 10.1 Å². The van der Waals surface area contributed by atoms with Crippen LogP contribution in [0.25, 0.3) is 0 Å². The van der Waals surface area contributed by atoms with Gasteiger partial charge in [0.25, 0.3) is 0 Å². The van der Waals surface area contributed by atoms with Crippen LogP contribution in [-0.2, 0) is 13.1 Å². The molecule has 3 nitrogen and oxygen atoms in total. The zero-order valence-corrected chi connectivity index (χ0v) is 11.0. The maximum atomic E-state index is 12.9. The molecule has 0 radical (unpaired) electrons. The number of aryl methyl sites for hydroxylation is 1. The molecule has 0 saturated carbocycles. The highest BCUT2D eigenvalue weighted by atomic mass is 79.9. The van der Waals surface area contributed by atoms with Crippen molar-refractivity contribution in [3.8, 4) is 0 Å². The van der Waals surface area contributed by atoms with Crippen LogP contribution in [0.1, 0.15) is 12.5 Å². The fourth-order valence-corrected chi connectivity index (χ4v) is 1.99. The highest BCUT2D eigenvalue weighted by molar-refractivity contribution is 9.10. The molecular formula is C12H13BrFN3. The molecule has 0 amide bonds. The van der Waals surface area contributed by atoms with Crippen LogP contribution >= 0.6 is 15.9 Å². The number of hydrogen-bond acceptors (Lipinski definition) is 2. The monoisotopic (exact) mass is 297 g/mol. The molecule has 2 aromatic rings. The average Bonchev–Trinajstić information content (AvgIpc) is 2.76. The minimum absolute atomic E-state index is 0.249. The Balaban J connectivity index is 2.02. The molecule has 0 atom stereocenters. The second-order valence-corrected chi connectivity index (χ2v) is 4.54. The van der Waals surface area contributed by atoms with Crippen molar-refractivity contribution in [3.05, 3.63) is 46.4 Å². The summed E-state index contributed by atoms with van der Waals surface area (Å²) in [4.78, 5) is 0. The predicted octanol–water partition coefficient (Wildman–Crippen LogP) is 3.42. The van der Waals surface area contributed by atoms with E-state index in [4.69, 9.17) is 0 Å². The third kappa shape index (κ3) is 3.06. The Morgan fingerprint density at radius 2 is 2.29 bits per heavy atom. The van der Waals surface area contributed by atoms with Crippen LogP contribution in [-0.4, -0.2) is 9.78 Å². The number of benzene rings is 1. The number of rotatable bonds is 4. The van der Waals surface area contributed by atoms with Crippen LogP contribution in [0, 0.1) is 5.82 Å². The highest BCUT2D eigenvalue weighted by Crippen LogP contribution is 2.23. The molecule has 1 aromatic heterocycles. The van der Waals surface area contributed by atoms with E-state index in [1.165, 1.54) is 12.1 Å². The molecule has 1 heterocycles. The Bertz CT molecular complexity index is 510. The Labute approximate surface area is 108 Å². The van der Waals surface area contributed by atoms with E-state index in [2.05, 4.69) is 26.3 Å². The number of aromatic nitrogens is 2. The summed E-state index contributed by atoms with van der Waals surface area (Å²) in [6.45, 7) is 3.57. The summed E-state index contributed by atoms with van der Waals surface area (Å²) in [6.07, 6.45) is 3.82. The highest BCUT2D eigenvalue weighted by Gasteiger charge is 2.02. The first-order valence-electron chi connectivity index (χ1n) is 5.39. The van der Waals surface area contributed by atoms with Crippen LogP contribution in [0.3, 0.4) is 0 Å². The van der Waals surface area contributed by atoms with Gasteiger partial charge in [0, 0.05) is 35.0 Å². The molecule has 0 aliphatic heterocycles. The molecule has 0 spiro atoms. The lowest BCUT2D eigenvalue weighted by molar-refractivity contribution is 0.627. The maximum absolute atomic E-state index is 12.9. The standard InChI is InChI=1S/C12H13BrFN3/c1-2-17-8-9(7-16-17)6-15-12-4-3-10(14)5-11(12)13/h3-5,7-8,15H,2,6H2,1H3. The first kappa shape index (κ1) is 12.1. The Kier molecular flexibility index (Phi) is 3.78. The van der Waals surface area contributed by atoms with Crippen LogP contribution in [0.15, 0.2) is 35.1 Å². The third-order valence-corrected chi connectivity index (χ3v) is 3.08. The third-order valence-electron chi connectivity index (χ3n) is 2.42. The van der Waals surface area contributed by atoms with Crippen molar-refractivity contribution in [2.75, 3.05) is 5.32 Å². The quantitative estimate of drug-likeness (QED) is 0.937. The number of nitrogens with one attached hydrogen (secondary N) is 1. The lowest BCUT2D eigenvalue weighted by Gasteiger charge is -2.07. The molecule has 0 fully saturated rings. The van der Waals surface area contributed by atoms with E-state index in [-0.39, 0.29) is 5.82 Å². The van der Waals surface area contributed by atoms with Crippen molar-refractivity contribution < 1.29 is 4.39 Å². The first-order chi connectivity index (χ1) is 8.19. The molecule has 0 unspecified atom stereocenters. The largest absolute Gasteiger partial charge is 0.380 e. The van der Waals surface area contributed by atoms with Gasteiger partial charge in [0.2, 0.25) is 0 Å². The smallest absolute Gasteiger partial charge is 0.124 e. The lowest BCUT2D eigenvalue weighted by Crippen LogP contribution is -1.99. The number of anilines is 1. The first-order valence-corrected chi connectivity index (χ1v) is 6.18. The second kappa shape index (κ2) is 5.31. The van der Waals surface area contributed by atoms with Gasteiger partial charge in [-0.2, -0.15) is 5.10 Å². The van der Waals surface area contributed by atoms with Crippen molar-refractivity contribution >= 4 is 21.6 Å². The number of halogens is 2. The molecule has 1 aromatic carbocycles. The zero-order chi connectivity index (χ0) is 12.3. The normalized spacial score (nSPS) is 10.5. The summed E-state index contributed by atoms with van der Waals surface area (Å²) in [6, 6.07) is 4.59. The summed E-state index contributed by atoms with van der Waals surface area (Å²) in [5.41, 5.74) is 1.97. The van der Waals surface area contributed by atoms with E-state index < -0.39 is 0 Å². The van der Waals surface area contributed by atoms with Crippen molar-refractivity contribution in [2.24, 2.45) is 0 Å². The maximum Gasteiger partial charge on any atom is 0.124 e. The minimum atomic E-state index is -0.249. The summed E-state index contributed by atoms with van der Waals surface area (Å²) < 4.78 is 15.5. The summed E-state index contributed by atoms with van der Waals surface area (Å²) in [5, 5.41) is 7.42. The van der Waals surface area contributed by atoms with Gasteiger partial charge >= 0.3 is 0 Å². The molecule has 90 valence electrons. The van der Waals surface area contributed by atoms with Crippen LogP contribution in [0.2, 0.25) is 0 Å². The molecule has 17 heavy (non-hydrogen) atoms. The van der Waals surface area contributed by atoms with Gasteiger partial charge in [-0.3, -0.25) is 4.68 Å². The van der Waals surface area contributed by atoms with Crippen LogP contribution < -0.4 is 5.32 Å². The second-order valence-electron chi connectivity index (χ2n) is 3.68. The van der Waals surface area contributed by atoms with Crippen LogP contribution in [0.5, 0.6) is 0 Å². The van der Waals surface area contributed by atoms with E-state index in [1.807, 2.05) is 24.0 Å². The van der Waals surface area contributed by atoms with E-state index in [1.54, 1.807) is 6.07 Å². The molecule has 2 rings (SSSR count). The Morgan fingerprint density at radius 3 is 2.94 bits per heavy atom. The summed E-state index contributed by atoms with van der Waals surface area (Å²) in [7, 11) is 0. The van der Waals surface area contributed by atoms with Crippen molar-refractivity contribution in [2.45, 2.75) is 20.0 Å². The van der Waals surface area contributed by atoms with Gasteiger partial charge in [0.1, 0.15) is 5.82 Å².